The Morgan fingerprint density at radius 2 is 1.48 bits per heavy atom. The van der Waals surface area contributed by atoms with Gasteiger partial charge in [0.2, 0.25) is 0 Å². The minimum absolute atomic E-state index is 0.231. The second kappa shape index (κ2) is 17.5. The maximum atomic E-state index is 10.5. The summed E-state index contributed by atoms with van der Waals surface area (Å²) in [6, 6.07) is 10.3. The van der Waals surface area contributed by atoms with Crippen molar-refractivity contribution < 1.29 is 19.7 Å². The van der Waals surface area contributed by atoms with Gasteiger partial charge >= 0.3 is 5.97 Å². The molecule has 4 heteroatoms. The SMILES string of the molecule is CCCCCCCC(CCCC(O)CCCCCC(=O)O)OCc1ccccc1. The van der Waals surface area contributed by atoms with Crippen LogP contribution in [0.4, 0.5) is 0 Å². The van der Waals surface area contributed by atoms with Crippen molar-refractivity contribution in [1.82, 2.24) is 0 Å². The fraction of sp³-hybridized carbons (Fsp3) is 0.720. The number of carboxylic acid groups (broad SMARTS) is 1. The molecule has 0 fully saturated rings. The summed E-state index contributed by atoms with van der Waals surface area (Å²) in [5.74, 6) is -0.734. The summed E-state index contributed by atoms with van der Waals surface area (Å²) in [7, 11) is 0. The smallest absolute Gasteiger partial charge is 0.303 e. The highest BCUT2D eigenvalue weighted by atomic mass is 16.5. The summed E-state index contributed by atoms with van der Waals surface area (Å²) in [5.41, 5.74) is 1.21. The number of aliphatic hydroxyl groups is 1. The van der Waals surface area contributed by atoms with E-state index < -0.39 is 5.97 Å². The average Bonchev–Trinajstić information content (AvgIpc) is 2.71. The summed E-state index contributed by atoms with van der Waals surface area (Å²) >= 11 is 0. The van der Waals surface area contributed by atoms with E-state index in [0.29, 0.717) is 13.0 Å². The fourth-order valence-electron chi connectivity index (χ4n) is 3.63. The van der Waals surface area contributed by atoms with Crippen molar-refractivity contribution in [1.29, 1.82) is 0 Å². The van der Waals surface area contributed by atoms with Crippen molar-refractivity contribution >= 4 is 5.97 Å². The Morgan fingerprint density at radius 3 is 2.21 bits per heavy atom. The van der Waals surface area contributed by atoms with Crippen LogP contribution < -0.4 is 0 Å². The Labute approximate surface area is 177 Å². The first kappa shape index (κ1) is 25.6. The largest absolute Gasteiger partial charge is 0.481 e. The molecule has 0 aliphatic heterocycles. The molecule has 29 heavy (non-hydrogen) atoms. The molecule has 0 radical (unpaired) electrons. The van der Waals surface area contributed by atoms with Gasteiger partial charge in [-0.15, -0.1) is 0 Å². The highest BCUT2D eigenvalue weighted by Crippen LogP contribution is 2.18. The van der Waals surface area contributed by atoms with Crippen LogP contribution in [0.15, 0.2) is 30.3 Å². The van der Waals surface area contributed by atoms with E-state index in [0.717, 1.165) is 44.9 Å². The van der Waals surface area contributed by atoms with Crippen molar-refractivity contribution in [3.63, 3.8) is 0 Å². The zero-order chi connectivity index (χ0) is 21.2. The normalized spacial score (nSPS) is 13.3. The van der Waals surface area contributed by atoms with Gasteiger partial charge in [0.15, 0.2) is 0 Å². The lowest BCUT2D eigenvalue weighted by atomic mass is 10.0. The van der Waals surface area contributed by atoms with Crippen LogP contribution in [0.3, 0.4) is 0 Å². The topological polar surface area (TPSA) is 66.8 Å². The molecule has 1 aromatic rings. The second-order valence-electron chi connectivity index (χ2n) is 8.20. The Kier molecular flexibility index (Phi) is 15.4. The molecule has 1 rings (SSSR count). The van der Waals surface area contributed by atoms with Crippen LogP contribution in [0.2, 0.25) is 0 Å². The molecule has 1 aromatic carbocycles. The monoisotopic (exact) mass is 406 g/mol. The first-order chi connectivity index (χ1) is 14.1. The lowest BCUT2D eigenvalue weighted by Crippen LogP contribution is -2.15. The predicted octanol–water partition coefficient (Wildman–Crippen LogP) is 6.50. The van der Waals surface area contributed by atoms with E-state index in [9.17, 15) is 9.90 Å². The highest BCUT2D eigenvalue weighted by molar-refractivity contribution is 5.66. The van der Waals surface area contributed by atoms with E-state index in [1.54, 1.807) is 0 Å². The van der Waals surface area contributed by atoms with Crippen LogP contribution in [0, 0.1) is 0 Å². The molecule has 0 saturated heterocycles. The van der Waals surface area contributed by atoms with Gasteiger partial charge in [-0.3, -0.25) is 4.79 Å². The minimum atomic E-state index is -0.734. The van der Waals surface area contributed by atoms with Crippen LogP contribution in [0.1, 0.15) is 102 Å². The van der Waals surface area contributed by atoms with Crippen LogP contribution in [0.25, 0.3) is 0 Å². The van der Waals surface area contributed by atoms with Crippen molar-refractivity contribution in [2.24, 2.45) is 0 Å². The molecular weight excluding hydrogens is 364 g/mol. The van der Waals surface area contributed by atoms with E-state index in [2.05, 4.69) is 19.1 Å². The summed E-state index contributed by atoms with van der Waals surface area (Å²) < 4.78 is 6.21. The molecule has 0 heterocycles. The molecule has 0 aromatic heterocycles. The number of ether oxygens (including phenoxy) is 1. The number of benzene rings is 1. The van der Waals surface area contributed by atoms with E-state index >= 15 is 0 Å². The van der Waals surface area contributed by atoms with Gasteiger partial charge in [-0.05, 0) is 44.1 Å². The summed E-state index contributed by atoms with van der Waals surface area (Å²) in [4.78, 5) is 10.5. The first-order valence-corrected chi connectivity index (χ1v) is 11.7. The number of carboxylic acids is 1. The van der Waals surface area contributed by atoms with Crippen molar-refractivity contribution in [3.8, 4) is 0 Å². The van der Waals surface area contributed by atoms with Crippen LogP contribution in [-0.2, 0) is 16.1 Å². The Morgan fingerprint density at radius 1 is 0.862 bits per heavy atom. The number of aliphatic carboxylic acids is 1. The molecule has 0 aliphatic carbocycles. The number of hydrogen-bond donors (Lipinski definition) is 2. The van der Waals surface area contributed by atoms with Crippen LogP contribution in [-0.4, -0.2) is 28.4 Å². The molecule has 0 aliphatic rings. The average molecular weight is 407 g/mol. The van der Waals surface area contributed by atoms with E-state index in [-0.39, 0.29) is 18.6 Å². The molecule has 0 bridgehead atoms. The molecule has 0 saturated carbocycles. The number of carbonyl (C=O) groups is 1. The van der Waals surface area contributed by atoms with Gasteiger partial charge < -0.3 is 14.9 Å². The molecular formula is C25H42O4. The first-order valence-electron chi connectivity index (χ1n) is 11.7. The predicted molar refractivity (Wildman–Crippen MR) is 119 cm³/mol. The van der Waals surface area contributed by atoms with E-state index in [1.807, 2.05) is 18.2 Å². The number of rotatable bonds is 19. The van der Waals surface area contributed by atoms with Crippen LogP contribution in [0.5, 0.6) is 0 Å². The van der Waals surface area contributed by atoms with Gasteiger partial charge in [0.25, 0.3) is 0 Å². The third-order valence-corrected chi connectivity index (χ3v) is 5.45. The lowest BCUT2D eigenvalue weighted by Gasteiger charge is -2.19. The van der Waals surface area contributed by atoms with Gasteiger partial charge in [-0.1, -0.05) is 82.2 Å². The molecule has 2 N–H and O–H groups in total. The third-order valence-electron chi connectivity index (χ3n) is 5.45. The van der Waals surface area contributed by atoms with Crippen molar-refractivity contribution in [2.75, 3.05) is 0 Å². The Hall–Kier alpha value is -1.39. The lowest BCUT2D eigenvalue weighted by molar-refractivity contribution is -0.137. The Balaban J connectivity index is 2.24. The summed E-state index contributed by atoms with van der Waals surface area (Å²) in [6.45, 7) is 2.90. The quantitative estimate of drug-likeness (QED) is 0.257. The minimum Gasteiger partial charge on any atom is -0.481 e. The van der Waals surface area contributed by atoms with Gasteiger partial charge in [-0.2, -0.15) is 0 Å². The molecule has 166 valence electrons. The molecule has 2 atom stereocenters. The maximum absolute atomic E-state index is 10.5. The third kappa shape index (κ3) is 15.2. The summed E-state index contributed by atoms with van der Waals surface area (Å²) in [5, 5.41) is 18.8. The molecule has 0 amide bonds. The van der Waals surface area contributed by atoms with E-state index in [4.69, 9.17) is 9.84 Å². The molecule has 0 spiro atoms. The fourth-order valence-corrected chi connectivity index (χ4v) is 3.63. The van der Waals surface area contributed by atoms with Gasteiger partial charge in [0.05, 0.1) is 18.8 Å². The van der Waals surface area contributed by atoms with Gasteiger partial charge in [0.1, 0.15) is 0 Å². The standard InChI is InChI=1S/C25H42O4/c1-2-3-4-5-11-18-24(29-21-22-14-8-6-9-15-22)19-13-17-23(26)16-10-7-12-20-25(27)28/h6,8-9,14-15,23-24,26H,2-5,7,10-13,16-21H2,1H3,(H,27,28). The van der Waals surface area contributed by atoms with Crippen LogP contribution >= 0.6 is 0 Å². The summed E-state index contributed by atoms with van der Waals surface area (Å²) in [6.07, 6.45) is 13.7. The van der Waals surface area contributed by atoms with Gasteiger partial charge in [0, 0.05) is 6.42 Å². The van der Waals surface area contributed by atoms with Crippen molar-refractivity contribution in [2.45, 2.75) is 116 Å². The molecule has 2 unspecified atom stereocenters. The number of hydrogen-bond acceptors (Lipinski definition) is 3. The molecule has 4 nitrogen and oxygen atoms in total. The number of unbranched alkanes of at least 4 members (excludes halogenated alkanes) is 6. The van der Waals surface area contributed by atoms with Gasteiger partial charge in [-0.25, -0.2) is 0 Å². The zero-order valence-electron chi connectivity index (χ0n) is 18.4. The second-order valence-corrected chi connectivity index (χ2v) is 8.20. The number of aliphatic hydroxyl groups excluding tert-OH is 1. The zero-order valence-corrected chi connectivity index (χ0v) is 18.4. The van der Waals surface area contributed by atoms with Crippen molar-refractivity contribution in [3.05, 3.63) is 35.9 Å². The highest BCUT2D eigenvalue weighted by Gasteiger charge is 2.12. The van der Waals surface area contributed by atoms with E-state index in [1.165, 1.54) is 37.7 Å². The maximum Gasteiger partial charge on any atom is 0.303 e. The Bertz CT molecular complexity index is 503.